The number of nitrogens with zero attached hydrogens (tertiary/aromatic N) is 2. The van der Waals surface area contributed by atoms with Gasteiger partial charge in [-0.05, 0) is 13.8 Å². The number of hydrogen-bond donors (Lipinski definition) is 1. The standard InChI is InChI=1S/C8H14N2O3S/c1-6(2)10-7(5-11)4-9-8(10)14(3,12)13/h4,6,11H,5H2,1-3H3. The van der Waals surface area contributed by atoms with Crippen LogP contribution >= 0.6 is 0 Å². The Hall–Kier alpha value is -0.880. The molecule has 0 aromatic carbocycles. The van der Waals surface area contributed by atoms with E-state index >= 15 is 0 Å². The lowest BCUT2D eigenvalue weighted by Gasteiger charge is -2.13. The summed E-state index contributed by atoms with van der Waals surface area (Å²) in [6.07, 6.45) is 2.49. The van der Waals surface area contributed by atoms with Gasteiger partial charge in [0.05, 0.1) is 18.5 Å². The van der Waals surface area contributed by atoms with Crippen LogP contribution in [0.25, 0.3) is 0 Å². The molecule has 5 nitrogen and oxygen atoms in total. The topological polar surface area (TPSA) is 72.2 Å². The fourth-order valence-electron chi connectivity index (χ4n) is 1.32. The Kier molecular flexibility index (Phi) is 2.96. The summed E-state index contributed by atoms with van der Waals surface area (Å²) in [6.45, 7) is 3.48. The summed E-state index contributed by atoms with van der Waals surface area (Å²) >= 11 is 0. The Morgan fingerprint density at radius 2 is 2.14 bits per heavy atom. The second kappa shape index (κ2) is 3.70. The van der Waals surface area contributed by atoms with Crippen molar-refractivity contribution in [3.05, 3.63) is 11.9 Å². The lowest BCUT2D eigenvalue weighted by molar-refractivity contribution is 0.265. The summed E-state index contributed by atoms with van der Waals surface area (Å²) in [7, 11) is -3.33. The third-order valence-corrected chi connectivity index (χ3v) is 2.81. The van der Waals surface area contributed by atoms with E-state index in [1.165, 1.54) is 10.8 Å². The van der Waals surface area contributed by atoms with Crippen LogP contribution in [0.5, 0.6) is 0 Å². The first-order valence-corrected chi connectivity index (χ1v) is 6.14. The molecule has 1 rings (SSSR count). The third kappa shape index (κ3) is 1.96. The first-order chi connectivity index (χ1) is 6.38. The number of rotatable bonds is 3. The van der Waals surface area contributed by atoms with Crippen LogP contribution in [-0.2, 0) is 16.4 Å². The first kappa shape index (κ1) is 11.2. The number of imidazole rings is 1. The predicted octanol–water partition coefficient (Wildman–Crippen LogP) is 0.360. The van der Waals surface area contributed by atoms with E-state index in [2.05, 4.69) is 4.98 Å². The molecule has 14 heavy (non-hydrogen) atoms. The molecule has 80 valence electrons. The molecule has 0 amide bonds. The van der Waals surface area contributed by atoms with Crippen molar-refractivity contribution in [1.29, 1.82) is 0 Å². The van der Waals surface area contributed by atoms with Crippen molar-refractivity contribution < 1.29 is 13.5 Å². The zero-order valence-electron chi connectivity index (χ0n) is 8.43. The number of hydrogen-bond acceptors (Lipinski definition) is 4. The molecule has 0 saturated carbocycles. The van der Waals surface area contributed by atoms with E-state index in [4.69, 9.17) is 5.11 Å². The smallest absolute Gasteiger partial charge is 0.227 e. The number of aromatic nitrogens is 2. The van der Waals surface area contributed by atoms with Gasteiger partial charge in [-0.3, -0.25) is 0 Å². The molecule has 1 aromatic heterocycles. The maximum Gasteiger partial charge on any atom is 0.227 e. The van der Waals surface area contributed by atoms with E-state index in [9.17, 15) is 8.42 Å². The molecule has 0 spiro atoms. The van der Waals surface area contributed by atoms with Gasteiger partial charge in [0.25, 0.3) is 0 Å². The van der Waals surface area contributed by atoms with E-state index in [-0.39, 0.29) is 17.8 Å². The normalized spacial score (nSPS) is 12.4. The fraction of sp³-hybridized carbons (Fsp3) is 0.625. The second-order valence-electron chi connectivity index (χ2n) is 3.43. The Morgan fingerprint density at radius 1 is 1.57 bits per heavy atom. The highest BCUT2D eigenvalue weighted by Crippen LogP contribution is 2.17. The Labute approximate surface area is 83.3 Å². The van der Waals surface area contributed by atoms with Gasteiger partial charge in [-0.1, -0.05) is 0 Å². The van der Waals surface area contributed by atoms with Gasteiger partial charge in [-0.2, -0.15) is 0 Å². The maximum atomic E-state index is 11.3. The first-order valence-electron chi connectivity index (χ1n) is 4.25. The van der Waals surface area contributed by atoms with Crippen LogP contribution in [0.4, 0.5) is 0 Å². The van der Waals surface area contributed by atoms with Crippen molar-refractivity contribution in [3.8, 4) is 0 Å². The molecular formula is C8H14N2O3S. The Morgan fingerprint density at radius 3 is 2.50 bits per heavy atom. The molecule has 0 fully saturated rings. The largest absolute Gasteiger partial charge is 0.390 e. The molecular weight excluding hydrogens is 204 g/mol. The van der Waals surface area contributed by atoms with E-state index in [0.29, 0.717) is 5.69 Å². The lowest BCUT2D eigenvalue weighted by atomic mass is 10.3. The van der Waals surface area contributed by atoms with Gasteiger partial charge in [-0.15, -0.1) is 0 Å². The van der Waals surface area contributed by atoms with Gasteiger partial charge in [0.15, 0.2) is 0 Å². The summed E-state index contributed by atoms with van der Waals surface area (Å²) in [5, 5.41) is 9.00. The number of aliphatic hydroxyl groups is 1. The van der Waals surface area contributed by atoms with Crippen molar-refractivity contribution in [1.82, 2.24) is 9.55 Å². The molecule has 1 heterocycles. The van der Waals surface area contributed by atoms with Crippen molar-refractivity contribution in [2.75, 3.05) is 6.26 Å². The van der Waals surface area contributed by atoms with Gasteiger partial charge in [0.1, 0.15) is 0 Å². The average Bonchev–Trinajstić information content (AvgIpc) is 2.45. The highest BCUT2D eigenvalue weighted by molar-refractivity contribution is 7.90. The van der Waals surface area contributed by atoms with Gasteiger partial charge in [0, 0.05) is 12.3 Å². The monoisotopic (exact) mass is 218 g/mol. The minimum absolute atomic E-state index is 0.0107. The second-order valence-corrected chi connectivity index (χ2v) is 5.34. The summed E-state index contributed by atoms with van der Waals surface area (Å²) in [4.78, 5) is 3.79. The maximum absolute atomic E-state index is 11.3. The fourth-order valence-corrected chi connectivity index (χ4v) is 2.25. The predicted molar refractivity (Wildman–Crippen MR) is 51.6 cm³/mol. The molecule has 0 aliphatic rings. The van der Waals surface area contributed by atoms with Gasteiger partial charge in [-0.25, -0.2) is 13.4 Å². The molecule has 0 aliphatic carbocycles. The Bertz CT molecular complexity index is 420. The minimum atomic E-state index is -3.33. The summed E-state index contributed by atoms with van der Waals surface area (Å²) in [5.41, 5.74) is 0.514. The summed E-state index contributed by atoms with van der Waals surface area (Å²) in [6, 6.07) is -0.0376. The van der Waals surface area contributed by atoms with Gasteiger partial charge in [0.2, 0.25) is 15.0 Å². The highest BCUT2D eigenvalue weighted by atomic mass is 32.2. The van der Waals surface area contributed by atoms with Crippen LogP contribution < -0.4 is 0 Å². The zero-order valence-corrected chi connectivity index (χ0v) is 9.24. The van der Waals surface area contributed by atoms with Crippen molar-refractivity contribution in [2.24, 2.45) is 0 Å². The van der Waals surface area contributed by atoms with Crippen LogP contribution in [0.1, 0.15) is 25.6 Å². The zero-order chi connectivity index (χ0) is 10.9. The van der Waals surface area contributed by atoms with Crippen molar-refractivity contribution in [3.63, 3.8) is 0 Å². The van der Waals surface area contributed by atoms with Crippen molar-refractivity contribution in [2.45, 2.75) is 31.7 Å². The minimum Gasteiger partial charge on any atom is -0.390 e. The number of sulfone groups is 1. The SMILES string of the molecule is CC(C)n1c(CO)cnc1S(C)(=O)=O. The van der Waals surface area contributed by atoms with Crippen LogP contribution in [-0.4, -0.2) is 29.3 Å². The van der Waals surface area contributed by atoms with Gasteiger partial charge >= 0.3 is 0 Å². The van der Waals surface area contributed by atoms with Crippen molar-refractivity contribution >= 4 is 9.84 Å². The summed E-state index contributed by atoms with van der Waals surface area (Å²) < 4.78 is 24.2. The molecule has 1 aromatic rings. The van der Waals surface area contributed by atoms with Crippen LogP contribution in [0, 0.1) is 0 Å². The molecule has 0 aliphatic heterocycles. The quantitative estimate of drug-likeness (QED) is 0.795. The van der Waals surface area contributed by atoms with Crippen LogP contribution in [0.15, 0.2) is 11.4 Å². The van der Waals surface area contributed by atoms with Gasteiger partial charge < -0.3 is 9.67 Å². The highest BCUT2D eigenvalue weighted by Gasteiger charge is 2.19. The molecule has 0 bridgehead atoms. The Balaban J connectivity index is 3.40. The third-order valence-electron chi connectivity index (χ3n) is 1.85. The molecule has 0 saturated heterocycles. The van der Waals surface area contributed by atoms with Crippen LogP contribution in [0.3, 0.4) is 0 Å². The summed E-state index contributed by atoms with van der Waals surface area (Å²) in [5.74, 6) is 0. The molecule has 1 N–H and O–H groups in total. The van der Waals surface area contributed by atoms with Crippen LogP contribution in [0.2, 0.25) is 0 Å². The lowest BCUT2D eigenvalue weighted by Crippen LogP contribution is -2.13. The molecule has 0 radical (unpaired) electrons. The van der Waals surface area contributed by atoms with E-state index in [1.807, 2.05) is 13.8 Å². The van der Waals surface area contributed by atoms with E-state index < -0.39 is 9.84 Å². The van der Waals surface area contributed by atoms with E-state index in [0.717, 1.165) is 6.26 Å². The van der Waals surface area contributed by atoms with E-state index in [1.54, 1.807) is 0 Å². The number of aliphatic hydroxyl groups excluding tert-OH is 1. The average molecular weight is 218 g/mol. The molecule has 6 heteroatoms. The molecule has 0 atom stereocenters. The molecule has 0 unspecified atom stereocenters.